The molecular formula is C14H13O2P. The third-order valence-corrected chi connectivity index (χ3v) is 5.84. The maximum atomic E-state index is 13.0. The lowest BCUT2D eigenvalue weighted by atomic mass is 10.2. The molecule has 1 atom stereocenters. The summed E-state index contributed by atoms with van der Waals surface area (Å²) in [5, 5.41) is 1.68. The van der Waals surface area contributed by atoms with Crippen LogP contribution in [0.3, 0.4) is 0 Å². The average molecular weight is 244 g/mol. The van der Waals surface area contributed by atoms with E-state index in [1.54, 1.807) is 0 Å². The first-order valence-corrected chi connectivity index (χ1v) is 7.23. The van der Waals surface area contributed by atoms with Gasteiger partial charge in [-0.05, 0) is 30.2 Å². The number of aryl methyl sites for hydroxylation is 1. The summed E-state index contributed by atoms with van der Waals surface area (Å²) in [7, 11) is -2.85. The van der Waals surface area contributed by atoms with Crippen LogP contribution < -0.4 is 10.6 Å². The van der Waals surface area contributed by atoms with Crippen LogP contribution in [0, 0.1) is 6.92 Å². The molecule has 2 aromatic carbocycles. The minimum atomic E-state index is -2.85. The second-order valence-electron chi connectivity index (χ2n) is 4.24. The summed E-state index contributed by atoms with van der Waals surface area (Å²) >= 11 is 0. The van der Waals surface area contributed by atoms with Crippen LogP contribution in [-0.4, -0.2) is 0 Å². The van der Waals surface area contributed by atoms with E-state index < -0.39 is 7.37 Å². The summed E-state index contributed by atoms with van der Waals surface area (Å²) in [5.74, 6) is 0. The fraction of sp³-hybridized carbons (Fsp3) is 0.143. The van der Waals surface area contributed by atoms with Crippen LogP contribution >= 0.6 is 7.37 Å². The van der Waals surface area contributed by atoms with E-state index in [2.05, 4.69) is 0 Å². The highest BCUT2D eigenvalue weighted by molar-refractivity contribution is 7.74. The van der Waals surface area contributed by atoms with E-state index in [1.807, 2.05) is 55.5 Å². The molecule has 0 spiro atoms. The van der Waals surface area contributed by atoms with Gasteiger partial charge in [-0.15, -0.1) is 0 Å². The van der Waals surface area contributed by atoms with E-state index in [-0.39, 0.29) is 0 Å². The molecule has 2 nitrogen and oxygen atoms in total. The summed E-state index contributed by atoms with van der Waals surface area (Å²) in [6.45, 7) is 2.42. The molecule has 0 N–H and O–H groups in total. The fourth-order valence-electron chi connectivity index (χ4n) is 2.24. The Hall–Kier alpha value is -1.37. The normalized spacial score (nSPS) is 22.4. The summed E-state index contributed by atoms with van der Waals surface area (Å²) < 4.78 is 18.7. The first kappa shape index (κ1) is 10.8. The fourth-order valence-corrected chi connectivity index (χ4v) is 4.72. The smallest absolute Gasteiger partial charge is 0.262 e. The maximum Gasteiger partial charge on any atom is 0.262 e. The molecule has 0 saturated heterocycles. The zero-order chi connectivity index (χ0) is 11.9. The van der Waals surface area contributed by atoms with Gasteiger partial charge in [-0.1, -0.05) is 36.4 Å². The zero-order valence-electron chi connectivity index (χ0n) is 9.59. The van der Waals surface area contributed by atoms with Gasteiger partial charge in [-0.3, -0.25) is 4.57 Å². The van der Waals surface area contributed by atoms with Gasteiger partial charge in [0.05, 0.1) is 6.61 Å². The number of fused-ring (bicyclic) bond motifs is 1. The van der Waals surface area contributed by atoms with Gasteiger partial charge in [0.25, 0.3) is 7.37 Å². The van der Waals surface area contributed by atoms with Crippen molar-refractivity contribution >= 4 is 18.0 Å². The quantitative estimate of drug-likeness (QED) is 0.721. The maximum absolute atomic E-state index is 13.0. The minimum absolute atomic E-state index is 0.446. The first-order chi connectivity index (χ1) is 8.22. The highest BCUT2D eigenvalue weighted by Gasteiger charge is 2.36. The number of hydrogen-bond donors (Lipinski definition) is 0. The van der Waals surface area contributed by atoms with Gasteiger partial charge in [-0.2, -0.15) is 0 Å². The first-order valence-electron chi connectivity index (χ1n) is 5.61. The Bertz CT molecular complexity index is 619. The van der Waals surface area contributed by atoms with Crippen molar-refractivity contribution in [2.24, 2.45) is 0 Å². The largest absolute Gasteiger partial charge is 0.317 e. The van der Waals surface area contributed by atoms with Crippen LogP contribution in [0.1, 0.15) is 11.1 Å². The van der Waals surface area contributed by atoms with Crippen molar-refractivity contribution in [1.82, 2.24) is 0 Å². The molecule has 1 heterocycles. The number of rotatable bonds is 1. The lowest BCUT2D eigenvalue weighted by Gasteiger charge is -2.14. The Kier molecular flexibility index (Phi) is 2.43. The molecule has 0 radical (unpaired) electrons. The monoisotopic (exact) mass is 244 g/mol. The molecule has 3 rings (SSSR count). The van der Waals surface area contributed by atoms with Crippen LogP contribution in [0.15, 0.2) is 48.5 Å². The molecule has 17 heavy (non-hydrogen) atoms. The Morgan fingerprint density at radius 1 is 1.00 bits per heavy atom. The summed E-state index contributed by atoms with van der Waals surface area (Å²) in [5.41, 5.74) is 2.06. The molecule has 0 fully saturated rings. The van der Waals surface area contributed by atoms with Gasteiger partial charge >= 0.3 is 0 Å². The van der Waals surface area contributed by atoms with Crippen LogP contribution in [0.4, 0.5) is 0 Å². The van der Waals surface area contributed by atoms with Crippen molar-refractivity contribution < 1.29 is 9.09 Å². The van der Waals surface area contributed by atoms with Crippen molar-refractivity contribution in [2.45, 2.75) is 13.5 Å². The summed E-state index contributed by atoms with van der Waals surface area (Å²) in [6.07, 6.45) is 0. The second-order valence-corrected chi connectivity index (χ2v) is 6.56. The molecule has 2 aromatic rings. The molecule has 3 heteroatoms. The topological polar surface area (TPSA) is 26.3 Å². The standard InChI is InChI=1S/C14H13O2P/c1-11-6-2-4-8-13(11)17(15)14-9-5-3-7-12(14)10-16-17/h2-9H,10H2,1H3. The molecular weight excluding hydrogens is 231 g/mol. The van der Waals surface area contributed by atoms with Gasteiger partial charge in [0, 0.05) is 10.6 Å². The molecule has 86 valence electrons. The predicted molar refractivity (Wildman–Crippen MR) is 69.3 cm³/mol. The van der Waals surface area contributed by atoms with Gasteiger partial charge in [0.2, 0.25) is 0 Å². The Morgan fingerprint density at radius 3 is 2.41 bits per heavy atom. The molecule has 0 aromatic heterocycles. The van der Waals surface area contributed by atoms with Crippen LogP contribution in [0.2, 0.25) is 0 Å². The van der Waals surface area contributed by atoms with E-state index in [0.29, 0.717) is 6.61 Å². The summed E-state index contributed by atoms with van der Waals surface area (Å²) in [4.78, 5) is 0. The Labute approximate surface area is 101 Å². The Morgan fingerprint density at radius 2 is 1.65 bits per heavy atom. The predicted octanol–water partition coefficient (Wildman–Crippen LogP) is 2.75. The van der Waals surface area contributed by atoms with Gasteiger partial charge in [0.1, 0.15) is 0 Å². The lowest BCUT2D eigenvalue weighted by Crippen LogP contribution is -2.16. The van der Waals surface area contributed by atoms with Crippen molar-refractivity contribution in [1.29, 1.82) is 0 Å². The van der Waals surface area contributed by atoms with Crippen molar-refractivity contribution in [3.63, 3.8) is 0 Å². The highest BCUT2D eigenvalue weighted by atomic mass is 31.2. The van der Waals surface area contributed by atoms with Gasteiger partial charge < -0.3 is 4.52 Å². The third-order valence-electron chi connectivity index (χ3n) is 3.14. The van der Waals surface area contributed by atoms with Crippen molar-refractivity contribution in [3.05, 3.63) is 59.7 Å². The van der Waals surface area contributed by atoms with Gasteiger partial charge in [0.15, 0.2) is 0 Å². The SMILES string of the molecule is Cc1ccccc1P1(=O)OCc2ccccc21. The van der Waals surface area contributed by atoms with Crippen LogP contribution in [0.25, 0.3) is 0 Å². The molecule has 0 bridgehead atoms. The summed E-state index contributed by atoms with van der Waals surface area (Å²) in [6, 6.07) is 15.5. The van der Waals surface area contributed by atoms with Crippen LogP contribution in [-0.2, 0) is 15.7 Å². The zero-order valence-corrected chi connectivity index (χ0v) is 10.5. The lowest BCUT2D eigenvalue weighted by molar-refractivity contribution is 0.330. The average Bonchev–Trinajstić information content (AvgIpc) is 2.70. The molecule has 1 aliphatic heterocycles. The second kappa shape index (κ2) is 3.83. The molecule has 1 aliphatic rings. The van der Waals surface area contributed by atoms with E-state index in [0.717, 1.165) is 21.7 Å². The van der Waals surface area contributed by atoms with E-state index in [4.69, 9.17) is 4.52 Å². The third kappa shape index (κ3) is 1.56. The molecule has 1 unspecified atom stereocenters. The Balaban J connectivity index is 2.23. The van der Waals surface area contributed by atoms with Gasteiger partial charge in [-0.25, -0.2) is 0 Å². The minimum Gasteiger partial charge on any atom is -0.317 e. The number of benzene rings is 2. The molecule has 0 amide bonds. The van der Waals surface area contributed by atoms with Crippen molar-refractivity contribution in [3.8, 4) is 0 Å². The highest BCUT2D eigenvalue weighted by Crippen LogP contribution is 2.51. The molecule has 0 aliphatic carbocycles. The number of hydrogen-bond acceptors (Lipinski definition) is 2. The van der Waals surface area contributed by atoms with E-state index in [1.165, 1.54) is 0 Å². The van der Waals surface area contributed by atoms with Crippen LogP contribution in [0.5, 0.6) is 0 Å². The van der Waals surface area contributed by atoms with Crippen molar-refractivity contribution in [2.75, 3.05) is 0 Å². The molecule has 0 saturated carbocycles. The van der Waals surface area contributed by atoms with E-state index in [9.17, 15) is 4.57 Å². The van der Waals surface area contributed by atoms with E-state index >= 15 is 0 Å².